The predicted molar refractivity (Wildman–Crippen MR) is 103 cm³/mol. The van der Waals surface area contributed by atoms with Gasteiger partial charge in [-0.2, -0.15) is 0 Å². The monoisotopic (exact) mass is 358 g/mol. The first-order valence-electron chi connectivity index (χ1n) is 8.74. The Balaban J connectivity index is 1.46. The molecule has 0 unspecified atom stereocenters. The third-order valence-electron chi connectivity index (χ3n) is 4.82. The molecular weight excluding hydrogens is 340 g/mol. The Morgan fingerprint density at radius 2 is 2.04 bits per heavy atom. The summed E-state index contributed by atoms with van der Waals surface area (Å²) in [6.07, 6.45) is 7.68. The van der Waals surface area contributed by atoms with E-state index in [4.69, 9.17) is 9.72 Å². The van der Waals surface area contributed by atoms with Gasteiger partial charge in [-0.1, -0.05) is 0 Å². The van der Waals surface area contributed by atoms with Crippen molar-refractivity contribution in [2.45, 2.75) is 20.4 Å². The maximum absolute atomic E-state index is 5.31. The van der Waals surface area contributed by atoms with E-state index < -0.39 is 0 Å². The lowest BCUT2D eigenvalue weighted by molar-refractivity contribution is 0.414. The molecule has 0 radical (unpaired) electrons. The number of hydrogen-bond donors (Lipinski definition) is 0. The van der Waals surface area contributed by atoms with E-state index in [2.05, 4.69) is 31.8 Å². The van der Waals surface area contributed by atoms with Crippen LogP contribution in [0, 0.1) is 13.8 Å². The predicted octanol–water partition coefficient (Wildman–Crippen LogP) is 3.15. The topological polar surface area (TPSA) is 70.1 Å². The molecule has 1 aromatic carbocycles. The quantitative estimate of drug-likeness (QED) is 0.495. The number of rotatable bonds is 3. The first kappa shape index (κ1) is 15.7. The van der Waals surface area contributed by atoms with Gasteiger partial charge < -0.3 is 9.30 Å². The van der Waals surface area contributed by atoms with Gasteiger partial charge in [0.25, 0.3) is 0 Å². The summed E-state index contributed by atoms with van der Waals surface area (Å²) in [6.45, 7) is 4.71. The molecule has 7 heteroatoms. The van der Waals surface area contributed by atoms with Crippen molar-refractivity contribution >= 4 is 17.8 Å². The van der Waals surface area contributed by atoms with E-state index in [-0.39, 0.29) is 0 Å². The SMILES string of the molecule is COc1ccc2c(c1)Cn1cc(/C=C/c3nc4c(C)ncc(C)n4n3)nc1-2. The van der Waals surface area contributed by atoms with E-state index in [1.54, 1.807) is 13.3 Å². The summed E-state index contributed by atoms with van der Waals surface area (Å²) in [7, 11) is 1.69. The lowest BCUT2D eigenvalue weighted by Gasteiger charge is -2.02. The maximum Gasteiger partial charge on any atom is 0.177 e. The van der Waals surface area contributed by atoms with Crippen molar-refractivity contribution in [3.05, 3.63) is 59.1 Å². The highest BCUT2D eigenvalue weighted by Crippen LogP contribution is 2.33. The third-order valence-corrected chi connectivity index (χ3v) is 4.82. The molecule has 3 aromatic heterocycles. The minimum absolute atomic E-state index is 0.646. The molecule has 0 saturated carbocycles. The van der Waals surface area contributed by atoms with E-state index in [0.29, 0.717) is 5.82 Å². The van der Waals surface area contributed by atoms with Crippen molar-refractivity contribution in [3.63, 3.8) is 0 Å². The first-order valence-corrected chi connectivity index (χ1v) is 8.74. The van der Waals surface area contributed by atoms with Gasteiger partial charge >= 0.3 is 0 Å². The lowest BCUT2D eigenvalue weighted by Crippen LogP contribution is -1.97. The summed E-state index contributed by atoms with van der Waals surface area (Å²) in [5.74, 6) is 2.50. The van der Waals surface area contributed by atoms with E-state index in [0.717, 1.165) is 46.4 Å². The zero-order valence-electron chi connectivity index (χ0n) is 15.3. The number of hydrogen-bond acceptors (Lipinski definition) is 5. The first-order chi connectivity index (χ1) is 13.1. The van der Waals surface area contributed by atoms with E-state index in [1.807, 2.05) is 42.8 Å². The van der Waals surface area contributed by atoms with Gasteiger partial charge in [-0.3, -0.25) is 4.98 Å². The summed E-state index contributed by atoms with van der Waals surface area (Å²) in [5, 5.41) is 4.54. The molecule has 0 N–H and O–H groups in total. The van der Waals surface area contributed by atoms with Crippen molar-refractivity contribution in [3.8, 4) is 17.1 Å². The molecule has 7 nitrogen and oxygen atoms in total. The summed E-state index contributed by atoms with van der Waals surface area (Å²) < 4.78 is 9.28. The molecule has 134 valence electrons. The maximum atomic E-state index is 5.31. The highest BCUT2D eigenvalue weighted by atomic mass is 16.5. The van der Waals surface area contributed by atoms with Crippen molar-refractivity contribution in [1.82, 2.24) is 29.1 Å². The van der Waals surface area contributed by atoms with Gasteiger partial charge in [0.2, 0.25) is 0 Å². The van der Waals surface area contributed by atoms with Crippen LogP contribution in [0.3, 0.4) is 0 Å². The summed E-state index contributed by atoms with van der Waals surface area (Å²) in [5.41, 5.74) is 5.87. The fourth-order valence-electron chi connectivity index (χ4n) is 3.42. The molecule has 1 aliphatic heterocycles. The lowest BCUT2D eigenvalue weighted by atomic mass is 10.1. The number of ether oxygens (including phenoxy) is 1. The molecule has 27 heavy (non-hydrogen) atoms. The molecule has 0 spiro atoms. The van der Waals surface area contributed by atoms with Crippen molar-refractivity contribution in [2.75, 3.05) is 7.11 Å². The second-order valence-electron chi connectivity index (χ2n) is 6.66. The van der Waals surface area contributed by atoms with Crippen LogP contribution >= 0.6 is 0 Å². The van der Waals surface area contributed by atoms with Gasteiger partial charge in [0.15, 0.2) is 11.5 Å². The van der Waals surface area contributed by atoms with Gasteiger partial charge in [0.05, 0.1) is 24.2 Å². The zero-order valence-corrected chi connectivity index (χ0v) is 15.3. The van der Waals surface area contributed by atoms with Gasteiger partial charge in [-0.05, 0) is 49.8 Å². The number of aromatic nitrogens is 6. The minimum atomic E-state index is 0.646. The van der Waals surface area contributed by atoms with E-state index >= 15 is 0 Å². The van der Waals surface area contributed by atoms with Crippen LogP contribution in [0.25, 0.3) is 29.2 Å². The second kappa shape index (κ2) is 5.77. The minimum Gasteiger partial charge on any atom is -0.497 e. The van der Waals surface area contributed by atoms with Crippen LogP contribution in [0.15, 0.2) is 30.6 Å². The molecule has 1 aliphatic rings. The molecule has 5 rings (SSSR count). The van der Waals surface area contributed by atoms with Crippen LogP contribution < -0.4 is 4.74 Å². The largest absolute Gasteiger partial charge is 0.497 e. The number of benzene rings is 1. The number of aryl methyl sites for hydroxylation is 2. The molecule has 0 saturated heterocycles. The molecule has 4 aromatic rings. The van der Waals surface area contributed by atoms with Crippen LogP contribution in [-0.4, -0.2) is 36.2 Å². The fraction of sp³-hybridized carbons (Fsp3) is 0.200. The summed E-state index contributed by atoms with van der Waals surface area (Å²) >= 11 is 0. The zero-order chi connectivity index (χ0) is 18.5. The van der Waals surface area contributed by atoms with Crippen LogP contribution in [0.4, 0.5) is 0 Å². The standard InChI is InChI=1S/C20H18N6O/c1-12-9-21-13(2)19-23-18(24-26(12)19)7-4-15-11-25-10-14-8-16(27-3)5-6-17(14)20(25)22-15/h4-9,11H,10H2,1-3H3/b7-4+. The number of fused-ring (bicyclic) bond motifs is 4. The van der Waals surface area contributed by atoms with Gasteiger partial charge in [-0.25, -0.2) is 14.5 Å². The number of methoxy groups -OCH3 is 1. The third kappa shape index (κ3) is 2.51. The normalized spacial score (nSPS) is 12.7. The van der Waals surface area contributed by atoms with Crippen LogP contribution in [-0.2, 0) is 6.54 Å². The Labute approximate surface area is 156 Å². The number of nitrogens with zero attached hydrogens (tertiary/aromatic N) is 6. The van der Waals surface area contributed by atoms with Gasteiger partial charge in [-0.15, -0.1) is 5.10 Å². The Kier molecular flexibility index (Phi) is 3.36. The molecule has 0 bridgehead atoms. The van der Waals surface area contributed by atoms with Crippen LogP contribution in [0.5, 0.6) is 5.75 Å². The van der Waals surface area contributed by atoms with Crippen LogP contribution in [0.1, 0.15) is 28.5 Å². The van der Waals surface area contributed by atoms with Crippen LogP contribution in [0.2, 0.25) is 0 Å². The molecular formula is C20H18N6O. The highest BCUT2D eigenvalue weighted by Gasteiger charge is 2.21. The Morgan fingerprint density at radius 1 is 1.15 bits per heavy atom. The molecule has 0 atom stereocenters. The van der Waals surface area contributed by atoms with Gasteiger partial charge in [0.1, 0.15) is 11.6 Å². The molecule has 0 fully saturated rings. The highest BCUT2D eigenvalue weighted by molar-refractivity contribution is 5.71. The summed E-state index contributed by atoms with van der Waals surface area (Å²) in [6, 6.07) is 6.10. The summed E-state index contributed by atoms with van der Waals surface area (Å²) in [4.78, 5) is 13.6. The molecule has 0 aliphatic carbocycles. The van der Waals surface area contributed by atoms with Crippen molar-refractivity contribution in [2.24, 2.45) is 0 Å². The van der Waals surface area contributed by atoms with Crippen molar-refractivity contribution in [1.29, 1.82) is 0 Å². The average molecular weight is 358 g/mol. The second-order valence-corrected chi connectivity index (χ2v) is 6.66. The molecule has 0 amide bonds. The Hall–Kier alpha value is -3.48. The fourth-order valence-corrected chi connectivity index (χ4v) is 3.42. The Bertz CT molecular complexity index is 1180. The smallest absolute Gasteiger partial charge is 0.177 e. The average Bonchev–Trinajstić information content (AvgIpc) is 3.35. The van der Waals surface area contributed by atoms with Crippen molar-refractivity contribution < 1.29 is 4.74 Å². The van der Waals surface area contributed by atoms with E-state index in [9.17, 15) is 0 Å². The molecule has 4 heterocycles. The van der Waals surface area contributed by atoms with E-state index in [1.165, 1.54) is 5.56 Å². The number of imidazole rings is 1. The Morgan fingerprint density at radius 3 is 2.85 bits per heavy atom. The van der Waals surface area contributed by atoms with Gasteiger partial charge in [0, 0.05) is 24.5 Å².